The minimum Gasteiger partial charge on any atom is -0.479 e. The van der Waals surface area contributed by atoms with Crippen LogP contribution in [0.2, 0.25) is 0 Å². The average Bonchev–Trinajstić information content (AvgIpc) is 2.79. The molecule has 1 heterocycles. The lowest BCUT2D eigenvalue weighted by Gasteiger charge is -2.14. The van der Waals surface area contributed by atoms with Crippen LogP contribution in [0.4, 0.5) is 5.69 Å². The third kappa shape index (κ3) is 5.33. The Bertz CT molecular complexity index is 1370. The number of aliphatic carboxylic acids is 1. The van der Waals surface area contributed by atoms with Crippen molar-refractivity contribution in [2.24, 2.45) is 5.10 Å². The second kappa shape index (κ2) is 10.4. The van der Waals surface area contributed by atoms with Crippen LogP contribution in [0, 0.1) is 10.1 Å². The molecule has 0 aliphatic heterocycles. The highest BCUT2D eigenvalue weighted by Gasteiger charge is 2.24. The number of hydrogen-bond acceptors (Lipinski definition) is 7. The summed E-state index contributed by atoms with van der Waals surface area (Å²) in [5, 5.41) is 25.4. The summed E-state index contributed by atoms with van der Waals surface area (Å²) in [6.45, 7) is 5.16. The zero-order chi connectivity index (χ0) is 25.2. The van der Waals surface area contributed by atoms with Crippen molar-refractivity contribution in [3.05, 3.63) is 71.1 Å². The van der Waals surface area contributed by atoms with Gasteiger partial charge in [0.1, 0.15) is 5.82 Å². The van der Waals surface area contributed by atoms with Crippen molar-refractivity contribution >= 4 is 60.6 Å². The van der Waals surface area contributed by atoms with Gasteiger partial charge in [-0.2, -0.15) is 9.78 Å². The molecule has 0 saturated heterocycles. The monoisotopic (exact) mass is 594 g/mol. The lowest BCUT2D eigenvalue weighted by Crippen LogP contribution is -2.24. The zero-order valence-electron chi connectivity index (χ0n) is 18.4. The molecule has 0 unspecified atom stereocenters. The number of nitrogens with zero attached hydrogens (tertiary/aromatic N) is 4. The molecule has 3 rings (SSSR count). The van der Waals surface area contributed by atoms with Crippen LogP contribution >= 0.6 is 31.9 Å². The van der Waals surface area contributed by atoms with Crippen molar-refractivity contribution in [3.63, 3.8) is 0 Å². The van der Waals surface area contributed by atoms with Gasteiger partial charge in [-0.05, 0) is 53.5 Å². The Kier molecular flexibility index (Phi) is 7.82. The maximum atomic E-state index is 13.2. The number of nitro groups is 1. The zero-order valence-corrected chi connectivity index (χ0v) is 21.5. The molecule has 34 heavy (non-hydrogen) atoms. The van der Waals surface area contributed by atoms with E-state index in [0.29, 0.717) is 22.3 Å². The van der Waals surface area contributed by atoms with Gasteiger partial charge in [-0.15, -0.1) is 0 Å². The molecule has 0 radical (unpaired) electrons. The van der Waals surface area contributed by atoms with Crippen LogP contribution < -0.4 is 10.3 Å². The minimum absolute atomic E-state index is 0.0766. The smallest absolute Gasteiger partial charge is 0.344 e. The number of nitro benzene ring substituents is 1. The molecule has 3 aromatic rings. The summed E-state index contributed by atoms with van der Waals surface area (Å²) in [4.78, 5) is 39.9. The Balaban J connectivity index is 2.14. The standard InChI is InChI=1S/C22H20Br2N4O6/c1-4-11(2)20-26-17-6-5-14(23)9-15(17)21(29)27(20)25-10-13-7-16(24)19(18(8-13)28(32)33)34-12(3)22(30)31/h5-12H,4H2,1-3H3,(H,30,31)/t11-,12-/m0/s1. The molecule has 2 aromatic carbocycles. The molecular formula is C22H20Br2N4O6. The van der Waals surface area contributed by atoms with E-state index in [-0.39, 0.29) is 21.7 Å². The van der Waals surface area contributed by atoms with Crippen molar-refractivity contribution in [1.29, 1.82) is 0 Å². The average molecular weight is 596 g/mol. The first-order valence-corrected chi connectivity index (χ1v) is 11.8. The number of hydrogen-bond donors (Lipinski definition) is 1. The van der Waals surface area contributed by atoms with E-state index in [1.54, 1.807) is 18.2 Å². The summed E-state index contributed by atoms with van der Waals surface area (Å²) in [6, 6.07) is 7.89. The van der Waals surface area contributed by atoms with Gasteiger partial charge in [0.25, 0.3) is 5.56 Å². The predicted molar refractivity (Wildman–Crippen MR) is 134 cm³/mol. The molecule has 1 N–H and O–H groups in total. The largest absolute Gasteiger partial charge is 0.479 e. The highest BCUT2D eigenvalue weighted by Crippen LogP contribution is 2.37. The molecular weight excluding hydrogens is 576 g/mol. The van der Waals surface area contributed by atoms with Gasteiger partial charge in [0.15, 0.2) is 6.10 Å². The lowest BCUT2D eigenvalue weighted by atomic mass is 10.1. The number of fused-ring (bicyclic) bond motifs is 1. The Morgan fingerprint density at radius 2 is 2.03 bits per heavy atom. The molecule has 0 aliphatic rings. The van der Waals surface area contributed by atoms with Crippen molar-refractivity contribution < 1.29 is 19.6 Å². The Labute approximate surface area is 210 Å². The molecule has 0 aliphatic carbocycles. The minimum atomic E-state index is -1.30. The first-order valence-electron chi connectivity index (χ1n) is 10.2. The number of carboxylic acids is 1. The van der Waals surface area contributed by atoms with E-state index in [2.05, 4.69) is 41.9 Å². The van der Waals surface area contributed by atoms with E-state index in [1.807, 2.05) is 13.8 Å². The fourth-order valence-corrected chi connectivity index (χ4v) is 3.98. The fourth-order valence-electron chi connectivity index (χ4n) is 3.06. The van der Waals surface area contributed by atoms with Gasteiger partial charge < -0.3 is 9.84 Å². The quantitative estimate of drug-likeness (QED) is 0.218. The molecule has 0 spiro atoms. The topological polar surface area (TPSA) is 137 Å². The lowest BCUT2D eigenvalue weighted by molar-refractivity contribution is -0.386. The summed E-state index contributed by atoms with van der Waals surface area (Å²) in [7, 11) is 0. The molecule has 12 heteroatoms. The maximum Gasteiger partial charge on any atom is 0.344 e. The van der Waals surface area contributed by atoms with E-state index in [4.69, 9.17) is 9.84 Å². The number of carboxylic acid groups (broad SMARTS) is 1. The predicted octanol–water partition coefficient (Wildman–Crippen LogP) is 5.08. The Morgan fingerprint density at radius 3 is 2.65 bits per heavy atom. The van der Waals surface area contributed by atoms with Gasteiger partial charge in [0.2, 0.25) is 5.75 Å². The summed E-state index contributed by atoms with van der Waals surface area (Å²) < 4.78 is 7.34. The van der Waals surface area contributed by atoms with Crippen molar-refractivity contribution in [2.45, 2.75) is 39.2 Å². The van der Waals surface area contributed by atoms with Crippen molar-refractivity contribution in [2.75, 3.05) is 0 Å². The normalized spacial score (nSPS) is 13.2. The van der Waals surface area contributed by atoms with Crippen molar-refractivity contribution in [1.82, 2.24) is 9.66 Å². The van der Waals surface area contributed by atoms with Crippen LogP contribution in [0.25, 0.3) is 10.9 Å². The summed E-state index contributed by atoms with van der Waals surface area (Å²) in [6.07, 6.45) is 0.727. The van der Waals surface area contributed by atoms with Crippen molar-refractivity contribution in [3.8, 4) is 5.75 Å². The third-order valence-electron chi connectivity index (χ3n) is 5.09. The summed E-state index contributed by atoms with van der Waals surface area (Å²) in [5.74, 6) is -1.10. The molecule has 10 nitrogen and oxygen atoms in total. The van der Waals surface area contributed by atoms with Gasteiger partial charge in [-0.1, -0.05) is 29.8 Å². The molecule has 0 saturated carbocycles. The number of halogens is 2. The number of benzene rings is 2. The maximum absolute atomic E-state index is 13.2. The van der Waals surface area contributed by atoms with Crippen LogP contribution in [0.1, 0.15) is 44.5 Å². The van der Waals surface area contributed by atoms with Gasteiger partial charge >= 0.3 is 11.7 Å². The second-order valence-electron chi connectivity index (χ2n) is 7.51. The molecule has 2 atom stereocenters. The highest BCUT2D eigenvalue weighted by atomic mass is 79.9. The van der Waals surface area contributed by atoms with Crippen LogP contribution in [0.3, 0.4) is 0 Å². The fraction of sp³-hybridized carbons (Fsp3) is 0.273. The number of rotatable bonds is 8. The molecule has 0 fully saturated rings. The third-order valence-corrected chi connectivity index (χ3v) is 6.18. The van der Waals surface area contributed by atoms with Gasteiger partial charge in [-0.3, -0.25) is 14.9 Å². The number of aromatic nitrogens is 2. The van der Waals surface area contributed by atoms with E-state index >= 15 is 0 Å². The van der Waals surface area contributed by atoms with Gasteiger partial charge in [0, 0.05) is 22.0 Å². The van der Waals surface area contributed by atoms with E-state index < -0.39 is 22.7 Å². The van der Waals surface area contributed by atoms with Crippen LogP contribution in [-0.4, -0.2) is 38.0 Å². The van der Waals surface area contributed by atoms with E-state index in [0.717, 1.165) is 10.9 Å². The van der Waals surface area contributed by atoms with Gasteiger partial charge in [0.05, 0.1) is 26.5 Å². The SMILES string of the molecule is CC[C@H](C)c1nc2ccc(Br)cc2c(=O)n1N=Cc1cc(Br)c(O[C@@H](C)C(=O)O)c([N+](=O)[O-])c1. The van der Waals surface area contributed by atoms with Gasteiger partial charge in [-0.25, -0.2) is 9.78 Å². The molecule has 178 valence electrons. The number of ether oxygens (including phenoxy) is 1. The van der Waals surface area contributed by atoms with E-state index in [1.165, 1.54) is 29.9 Å². The first-order chi connectivity index (χ1) is 16.0. The summed E-state index contributed by atoms with van der Waals surface area (Å²) in [5.41, 5.74) is 0.0215. The van der Waals surface area contributed by atoms with Crippen LogP contribution in [-0.2, 0) is 4.79 Å². The second-order valence-corrected chi connectivity index (χ2v) is 9.28. The molecule has 0 amide bonds. The Hall–Kier alpha value is -3.12. The van der Waals surface area contributed by atoms with Crippen LogP contribution in [0.15, 0.2) is 49.2 Å². The van der Waals surface area contributed by atoms with E-state index in [9.17, 15) is 19.7 Å². The molecule has 0 bridgehead atoms. The van der Waals surface area contributed by atoms with Crippen LogP contribution in [0.5, 0.6) is 5.75 Å². The summed E-state index contributed by atoms with van der Waals surface area (Å²) >= 11 is 6.56. The number of carbonyl (C=O) groups is 1. The highest BCUT2D eigenvalue weighted by molar-refractivity contribution is 9.10. The first kappa shape index (κ1) is 25.5. The molecule has 1 aromatic heterocycles. The Morgan fingerprint density at radius 1 is 1.32 bits per heavy atom.